The van der Waals surface area contributed by atoms with E-state index < -0.39 is 0 Å². The van der Waals surface area contributed by atoms with Crippen molar-refractivity contribution < 1.29 is 9.59 Å². The Morgan fingerprint density at radius 1 is 1.19 bits per heavy atom. The Morgan fingerprint density at radius 2 is 1.89 bits per heavy atom. The molecule has 3 amide bonds. The van der Waals surface area contributed by atoms with Gasteiger partial charge in [0.25, 0.3) is 0 Å². The van der Waals surface area contributed by atoms with Gasteiger partial charge in [-0.15, -0.1) is 0 Å². The molecule has 1 saturated heterocycles. The number of aromatic nitrogens is 2. The van der Waals surface area contributed by atoms with E-state index in [0.717, 1.165) is 37.2 Å². The molecule has 2 heterocycles. The van der Waals surface area contributed by atoms with Gasteiger partial charge in [0.2, 0.25) is 5.91 Å². The van der Waals surface area contributed by atoms with Crippen LogP contribution in [0.3, 0.4) is 0 Å². The molecule has 8 heteroatoms. The number of urea groups is 1. The van der Waals surface area contributed by atoms with Crippen LogP contribution in [0, 0.1) is 6.92 Å². The molecule has 8 nitrogen and oxygen atoms in total. The molecule has 0 bridgehead atoms. The second kappa shape index (κ2) is 8.22. The number of aryl methyl sites for hydroxylation is 1. The first-order chi connectivity index (χ1) is 13.0. The van der Waals surface area contributed by atoms with Gasteiger partial charge in [-0.25, -0.2) is 9.48 Å². The number of carbonyl (C=O) groups is 2. The van der Waals surface area contributed by atoms with Gasteiger partial charge in [-0.1, -0.05) is 18.2 Å². The minimum absolute atomic E-state index is 0.171. The first-order valence-electron chi connectivity index (χ1n) is 9.16. The predicted octanol–water partition coefficient (Wildman–Crippen LogP) is 2.35. The quantitative estimate of drug-likeness (QED) is 0.751. The van der Waals surface area contributed by atoms with E-state index in [4.69, 9.17) is 5.73 Å². The smallest absolute Gasteiger partial charge is 0.324 e. The van der Waals surface area contributed by atoms with Gasteiger partial charge in [-0.05, 0) is 38.3 Å². The Kier molecular flexibility index (Phi) is 5.75. The van der Waals surface area contributed by atoms with Crippen molar-refractivity contribution in [2.75, 3.05) is 23.7 Å². The summed E-state index contributed by atoms with van der Waals surface area (Å²) < 4.78 is 1.85. The Labute approximate surface area is 158 Å². The van der Waals surface area contributed by atoms with Crippen LogP contribution in [-0.2, 0) is 4.79 Å². The lowest BCUT2D eigenvalue weighted by molar-refractivity contribution is -0.123. The average molecular weight is 370 g/mol. The van der Waals surface area contributed by atoms with Gasteiger partial charge in [0, 0.05) is 24.8 Å². The van der Waals surface area contributed by atoms with Crippen molar-refractivity contribution in [3.63, 3.8) is 0 Å². The fourth-order valence-electron chi connectivity index (χ4n) is 3.38. The summed E-state index contributed by atoms with van der Waals surface area (Å²) in [5.41, 5.74) is 7.17. The first-order valence-corrected chi connectivity index (χ1v) is 9.16. The third kappa shape index (κ3) is 4.46. The number of carbonyl (C=O) groups excluding carboxylic acids is 2. The maximum absolute atomic E-state index is 12.4. The molecule has 0 saturated carbocycles. The number of piperidine rings is 1. The van der Waals surface area contributed by atoms with Crippen LogP contribution in [0.1, 0.15) is 31.4 Å². The van der Waals surface area contributed by atoms with Crippen LogP contribution in [0.15, 0.2) is 36.5 Å². The van der Waals surface area contributed by atoms with E-state index in [1.54, 1.807) is 12.3 Å². The second-order valence-corrected chi connectivity index (χ2v) is 6.90. The molecule has 1 atom stereocenters. The van der Waals surface area contributed by atoms with Crippen molar-refractivity contribution in [2.24, 2.45) is 5.73 Å². The van der Waals surface area contributed by atoms with Crippen molar-refractivity contribution >= 4 is 23.4 Å². The van der Waals surface area contributed by atoms with Crippen LogP contribution in [0.4, 0.5) is 16.3 Å². The van der Waals surface area contributed by atoms with Crippen LogP contribution in [0.5, 0.6) is 0 Å². The van der Waals surface area contributed by atoms with Crippen molar-refractivity contribution in [3.8, 4) is 0 Å². The standard InChI is InChI=1S/C19H26N6O2/c1-13-5-3-4-6-16(13)22-19(27)23-17-7-10-21-25(17)15-8-11-24(12-9-15)14(2)18(20)26/h3-7,10,14-15H,8-9,11-12H2,1-2H3,(H2,20,26)(H2,22,23,27)/t14-/m1/s1. The first kappa shape index (κ1) is 18.9. The highest BCUT2D eigenvalue weighted by atomic mass is 16.2. The third-order valence-corrected chi connectivity index (χ3v) is 5.11. The molecular weight excluding hydrogens is 344 g/mol. The van der Waals surface area contributed by atoms with Crippen LogP contribution < -0.4 is 16.4 Å². The summed E-state index contributed by atoms with van der Waals surface area (Å²) in [7, 11) is 0. The molecule has 1 fully saturated rings. The molecule has 27 heavy (non-hydrogen) atoms. The molecule has 0 aliphatic carbocycles. The molecule has 0 radical (unpaired) electrons. The number of amides is 3. The summed E-state index contributed by atoms with van der Waals surface area (Å²) in [6.07, 6.45) is 3.36. The molecule has 0 unspecified atom stereocenters. The maximum Gasteiger partial charge on any atom is 0.324 e. The molecule has 3 rings (SSSR count). The molecule has 4 N–H and O–H groups in total. The van der Waals surface area contributed by atoms with Crippen LogP contribution in [0.2, 0.25) is 0 Å². The predicted molar refractivity (Wildman–Crippen MR) is 105 cm³/mol. The normalized spacial score (nSPS) is 16.7. The highest BCUT2D eigenvalue weighted by Gasteiger charge is 2.27. The lowest BCUT2D eigenvalue weighted by atomic mass is 10.0. The van der Waals surface area contributed by atoms with Gasteiger partial charge in [-0.2, -0.15) is 5.10 Å². The number of anilines is 2. The minimum Gasteiger partial charge on any atom is -0.368 e. The molecule has 144 valence electrons. The van der Waals surface area contributed by atoms with E-state index in [1.807, 2.05) is 42.8 Å². The van der Waals surface area contributed by atoms with Gasteiger partial charge in [0.15, 0.2) is 0 Å². The zero-order valence-electron chi connectivity index (χ0n) is 15.7. The molecule has 2 aromatic rings. The topological polar surface area (TPSA) is 105 Å². The van der Waals surface area contributed by atoms with E-state index in [1.165, 1.54) is 0 Å². The number of hydrogen-bond acceptors (Lipinski definition) is 4. The van der Waals surface area contributed by atoms with Crippen molar-refractivity contribution in [3.05, 3.63) is 42.1 Å². The number of hydrogen-bond donors (Lipinski definition) is 3. The van der Waals surface area contributed by atoms with E-state index >= 15 is 0 Å². The highest BCUT2D eigenvalue weighted by molar-refractivity contribution is 5.99. The monoisotopic (exact) mass is 370 g/mol. The third-order valence-electron chi connectivity index (χ3n) is 5.11. The van der Waals surface area contributed by atoms with Gasteiger partial charge >= 0.3 is 6.03 Å². The average Bonchev–Trinajstić information content (AvgIpc) is 3.11. The fraction of sp³-hybridized carbons (Fsp3) is 0.421. The summed E-state index contributed by atoms with van der Waals surface area (Å²) in [4.78, 5) is 25.8. The van der Waals surface area contributed by atoms with Crippen molar-refractivity contribution in [2.45, 2.75) is 38.8 Å². The Morgan fingerprint density at radius 3 is 2.56 bits per heavy atom. The molecular formula is C19H26N6O2. The number of rotatable bonds is 5. The fourth-order valence-corrected chi connectivity index (χ4v) is 3.38. The minimum atomic E-state index is -0.303. The second-order valence-electron chi connectivity index (χ2n) is 6.90. The number of nitrogens with two attached hydrogens (primary N) is 1. The summed E-state index contributed by atoms with van der Waals surface area (Å²) in [5.74, 6) is 0.352. The number of nitrogens with zero attached hydrogens (tertiary/aromatic N) is 3. The van der Waals surface area contributed by atoms with Crippen LogP contribution in [0.25, 0.3) is 0 Å². The largest absolute Gasteiger partial charge is 0.368 e. The number of para-hydroxylation sites is 1. The van der Waals surface area contributed by atoms with E-state index in [0.29, 0.717) is 5.82 Å². The summed E-state index contributed by atoms with van der Waals surface area (Å²) in [6, 6.07) is 9.02. The zero-order valence-corrected chi connectivity index (χ0v) is 15.7. The van der Waals surface area contributed by atoms with Gasteiger partial charge in [0.05, 0.1) is 18.3 Å². The van der Waals surface area contributed by atoms with Crippen LogP contribution >= 0.6 is 0 Å². The Hall–Kier alpha value is -2.87. The van der Waals surface area contributed by atoms with Crippen LogP contribution in [-0.4, -0.2) is 45.8 Å². The molecule has 0 spiro atoms. The van der Waals surface area contributed by atoms with Gasteiger partial charge < -0.3 is 11.1 Å². The van der Waals surface area contributed by atoms with Crippen molar-refractivity contribution in [1.82, 2.24) is 14.7 Å². The lowest BCUT2D eigenvalue weighted by Crippen LogP contribution is -2.46. The van der Waals surface area contributed by atoms with Crippen molar-refractivity contribution in [1.29, 1.82) is 0 Å². The van der Waals surface area contributed by atoms with Gasteiger partial charge in [0.1, 0.15) is 5.82 Å². The lowest BCUT2D eigenvalue weighted by Gasteiger charge is -2.35. The Balaban J connectivity index is 1.61. The van der Waals surface area contributed by atoms with E-state index in [9.17, 15) is 9.59 Å². The molecule has 1 aliphatic heterocycles. The maximum atomic E-state index is 12.4. The number of benzene rings is 1. The summed E-state index contributed by atoms with van der Waals surface area (Å²) >= 11 is 0. The van der Waals surface area contributed by atoms with E-state index in [-0.39, 0.29) is 24.0 Å². The SMILES string of the molecule is Cc1ccccc1NC(=O)Nc1ccnn1C1CCN([C@H](C)C(N)=O)CC1. The molecule has 1 aromatic heterocycles. The molecule has 1 aromatic carbocycles. The number of likely N-dealkylation sites (tertiary alicyclic amines) is 1. The molecule has 1 aliphatic rings. The van der Waals surface area contributed by atoms with Gasteiger partial charge in [-0.3, -0.25) is 15.0 Å². The number of primary amides is 1. The Bertz CT molecular complexity index is 810. The highest BCUT2D eigenvalue weighted by Crippen LogP contribution is 2.26. The number of nitrogens with one attached hydrogen (secondary N) is 2. The van der Waals surface area contributed by atoms with E-state index in [2.05, 4.69) is 20.6 Å². The summed E-state index contributed by atoms with van der Waals surface area (Å²) in [6.45, 7) is 5.31. The summed E-state index contributed by atoms with van der Waals surface area (Å²) in [5, 5.41) is 10.1. The zero-order chi connectivity index (χ0) is 19.4.